The van der Waals surface area contributed by atoms with E-state index in [0.717, 1.165) is 19.6 Å². The van der Waals surface area contributed by atoms with Gasteiger partial charge in [0.2, 0.25) is 0 Å². The third-order valence-electron chi connectivity index (χ3n) is 4.43. The maximum Gasteiger partial charge on any atom is 0.0713 e. The summed E-state index contributed by atoms with van der Waals surface area (Å²) < 4.78 is 6.15. The van der Waals surface area contributed by atoms with Gasteiger partial charge in [-0.15, -0.1) is 0 Å². The van der Waals surface area contributed by atoms with Crippen LogP contribution < -0.4 is 5.73 Å². The number of hydrogen-bond acceptors (Lipinski definition) is 4. The molecule has 1 spiro atoms. The molecule has 4 heteroatoms. The van der Waals surface area contributed by atoms with Crippen LogP contribution in [-0.2, 0) is 4.74 Å². The Bertz CT molecular complexity index is 249. The Hall–Kier alpha value is 0.230. The van der Waals surface area contributed by atoms with Crippen molar-refractivity contribution in [1.29, 1.82) is 0 Å². The molecular formula is C14H28N2OS. The second-order valence-electron chi connectivity index (χ2n) is 6.04. The average molecular weight is 272 g/mol. The molecule has 0 aromatic heterocycles. The number of ether oxygens (including phenoxy) is 1. The molecule has 2 aliphatic heterocycles. The van der Waals surface area contributed by atoms with Crippen LogP contribution in [0.1, 0.15) is 39.0 Å². The van der Waals surface area contributed by atoms with Gasteiger partial charge in [0.05, 0.1) is 5.60 Å². The molecule has 0 aromatic rings. The summed E-state index contributed by atoms with van der Waals surface area (Å²) in [6, 6.07) is 1.01. The predicted octanol–water partition coefficient (Wildman–Crippen LogP) is 2.10. The van der Waals surface area contributed by atoms with Gasteiger partial charge in [-0.25, -0.2) is 0 Å². The summed E-state index contributed by atoms with van der Waals surface area (Å²) in [6.45, 7) is 4.16. The molecule has 18 heavy (non-hydrogen) atoms. The van der Waals surface area contributed by atoms with E-state index in [0.29, 0.717) is 12.1 Å². The molecular weight excluding hydrogens is 244 g/mol. The highest BCUT2D eigenvalue weighted by Crippen LogP contribution is 2.38. The molecule has 2 unspecified atom stereocenters. The molecule has 2 atom stereocenters. The van der Waals surface area contributed by atoms with Crippen molar-refractivity contribution < 1.29 is 4.74 Å². The molecule has 2 heterocycles. The normalized spacial score (nSPS) is 29.7. The molecule has 0 aromatic carbocycles. The van der Waals surface area contributed by atoms with Gasteiger partial charge in [-0.1, -0.05) is 0 Å². The zero-order valence-electron chi connectivity index (χ0n) is 11.9. The standard InChI is InChI=1S/C14H28N2OS/c1-12(15)3-7-16(2)13-4-8-17-14(11-13)5-9-18-10-6-14/h12-13H,3-11,15H2,1-2H3. The maximum atomic E-state index is 6.15. The Morgan fingerprint density at radius 2 is 2.17 bits per heavy atom. The van der Waals surface area contributed by atoms with E-state index in [2.05, 4.69) is 30.6 Å². The van der Waals surface area contributed by atoms with Gasteiger partial charge in [0.25, 0.3) is 0 Å². The van der Waals surface area contributed by atoms with Gasteiger partial charge in [-0.05, 0) is 64.1 Å². The molecule has 0 saturated carbocycles. The van der Waals surface area contributed by atoms with Crippen molar-refractivity contribution in [2.24, 2.45) is 5.73 Å². The minimum absolute atomic E-state index is 0.205. The highest BCUT2D eigenvalue weighted by atomic mass is 32.2. The first kappa shape index (κ1) is 14.6. The van der Waals surface area contributed by atoms with Crippen LogP contribution >= 0.6 is 11.8 Å². The Morgan fingerprint density at radius 1 is 1.44 bits per heavy atom. The zero-order chi connectivity index (χ0) is 13.0. The number of thioether (sulfide) groups is 1. The lowest BCUT2D eigenvalue weighted by molar-refractivity contribution is -0.108. The summed E-state index contributed by atoms with van der Waals surface area (Å²) in [6.07, 6.45) is 5.99. The first-order chi connectivity index (χ1) is 8.61. The van der Waals surface area contributed by atoms with Crippen LogP contribution in [0, 0.1) is 0 Å². The lowest BCUT2D eigenvalue weighted by Crippen LogP contribution is -2.49. The first-order valence-corrected chi connectivity index (χ1v) is 8.44. The molecule has 106 valence electrons. The summed E-state index contributed by atoms with van der Waals surface area (Å²) >= 11 is 2.08. The van der Waals surface area contributed by atoms with Crippen LogP contribution in [-0.4, -0.2) is 54.3 Å². The van der Waals surface area contributed by atoms with Crippen LogP contribution in [0.4, 0.5) is 0 Å². The van der Waals surface area contributed by atoms with Crippen LogP contribution in [0.3, 0.4) is 0 Å². The van der Waals surface area contributed by atoms with Crippen molar-refractivity contribution in [3.8, 4) is 0 Å². The Kier molecular flexibility index (Phi) is 5.36. The molecule has 2 rings (SSSR count). The van der Waals surface area contributed by atoms with E-state index < -0.39 is 0 Å². The van der Waals surface area contributed by atoms with E-state index in [9.17, 15) is 0 Å². The lowest BCUT2D eigenvalue weighted by atomic mass is 9.85. The largest absolute Gasteiger partial charge is 0.375 e. The van der Waals surface area contributed by atoms with Crippen LogP contribution in [0.15, 0.2) is 0 Å². The number of nitrogens with zero attached hydrogens (tertiary/aromatic N) is 1. The molecule has 2 N–H and O–H groups in total. The minimum atomic E-state index is 0.205. The van der Waals surface area contributed by atoms with E-state index in [1.807, 2.05) is 0 Å². The summed E-state index contributed by atoms with van der Waals surface area (Å²) in [5, 5.41) is 0. The molecule has 0 bridgehead atoms. The van der Waals surface area contributed by atoms with Gasteiger partial charge in [0.15, 0.2) is 0 Å². The monoisotopic (exact) mass is 272 g/mol. The molecule has 0 aliphatic carbocycles. The fourth-order valence-electron chi connectivity index (χ4n) is 3.06. The van der Waals surface area contributed by atoms with Crippen molar-refractivity contribution in [2.75, 3.05) is 31.7 Å². The molecule has 3 nitrogen and oxygen atoms in total. The molecule has 2 fully saturated rings. The van der Waals surface area contributed by atoms with E-state index in [1.165, 1.54) is 37.2 Å². The van der Waals surface area contributed by atoms with Crippen LogP contribution in [0.25, 0.3) is 0 Å². The fourth-order valence-corrected chi connectivity index (χ4v) is 4.30. The summed E-state index contributed by atoms with van der Waals surface area (Å²) in [5.74, 6) is 2.55. The summed E-state index contributed by atoms with van der Waals surface area (Å²) in [5.41, 5.74) is 6.06. The average Bonchev–Trinajstić information content (AvgIpc) is 2.37. The second kappa shape index (κ2) is 6.60. The van der Waals surface area contributed by atoms with Gasteiger partial charge < -0.3 is 15.4 Å². The Balaban J connectivity index is 1.85. The Labute approximate surface area is 116 Å². The molecule has 0 radical (unpaired) electrons. The van der Waals surface area contributed by atoms with Crippen molar-refractivity contribution >= 4 is 11.8 Å². The third-order valence-corrected chi connectivity index (χ3v) is 5.42. The molecule has 0 amide bonds. The van der Waals surface area contributed by atoms with E-state index >= 15 is 0 Å². The quantitative estimate of drug-likeness (QED) is 0.850. The Morgan fingerprint density at radius 3 is 2.83 bits per heavy atom. The minimum Gasteiger partial charge on any atom is -0.375 e. The SMILES string of the molecule is CC(N)CCN(C)C1CCOC2(CCSCC2)C1. The maximum absolute atomic E-state index is 6.15. The van der Waals surface area contributed by atoms with Crippen molar-refractivity contribution in [3.63, 3.8) is 0 Å². The highest BCUT2D eigenvalue weighted by Gasteiger charge is 2.39. The highest BCUT2D eigenvalue weighted by molar-refractivity contribution is 7.99. The topological polar surface area (TPSA) is 38.5 Å². The van der Waals surface area contributed by atoms with Crippen molar-refractivity contribution in [1.82, 2.24) is 4.90 Å². The third kappa shape index (κ3) is 3.86. The van der Waals surface area contributed by atoms with Gasteiger partial charge in [-0.3, -0.25) is 0 Å². The van der Waals surface area contributed by atoms with Crippen LogP contribution in [0.2, 0.25) is 0 Å². The van der Waals surface area contributed by atoms with Crippen molar-refractivity contribution in [2.45, 2.75) is 56.7 Å². The number of nitrogens with two attached hydrogens (primary N) is 1. The van der Waals surface area contributed by atoms with Crippen molar-refractivity contribution in [3.05, 3.63) is 0 Å². The van der Waals surface area contributed by atoms with Gasteiger partial charge in [0.1, 0.15) is 0 Å². The van der Waals surface area contributed by atoms with E-state index in [4.69, 9.17) is 10.5 Å². The molecule has 2 aliphatic rings. The van der Waals surface area contributed by atoms with E-state index in [-0.39, 0.29) is 5.60 Å². The predicted molar refractivity (Wildman–Crippen MR) is 79.2 cm³/mol. The summed E-state index contributed by atoms with van der Waals surface area (Å²) in [4.78, 5) is 2.51. The van der Waals surface area contributed by atoms with E-state index in [1.54, 1.807) is 0 Å². The summed E-state index contributed by atoms with van der Waals surface area (Å²) in [7, 11) is 2.25. The number of rotatable bonds is 4. The van der Waals surface area contributed by atoms with Gasteiger partial charge in [0, 0.05) is 18.7 Å². The lowest BCUT2D eigenvalue weighted by Gasteiger charge is -2.45. The smallest absolute Gasteiger partial charge is 0.0713 e. The van der Waals surface area contributed by atoms with Crippen LogP contribution in [0.5, 0.6) is 0 Å². The molecule has 2 saturated heterocycles. The van der Waals surface area contributed by atoms with Gasteiger partial charge in [-0.2, -0.15) is 11.8 Å². The second-order valence-corrected chi connectivity index (χ2v) is 7.26. The fraction of sp³-hybridized carbons (Fsp3) is 1.00. The zero-order valence-corrected chi connectivity index (χ0v) is 12.7. The first-order valence-electron chi connectivity index (χ1n) is 7.29. The van der Waals surface area contributed by atoms with Gasteiger partial charge >= 0.3 is 0 Å². The number of hydrogen-bond donors (Lipinski definition) is 1.